The van der Waals surface area contributed by atoms with Gasteiger partial charge in [0.05, 0.1) is 11.0 Å². The molecule has 0 radical (unpaired) electrons. The van der Waals surface area contributed by atoms with Gasteiger partial charge in [-0.15, -0.1) is 0 Å². The van der Waals surface area contributed by atoms with Gasteiger partial charge in [0.2, 0.25) is 0 Å². The Bertz CT molecular complexity index is 483. The van der Waals surface area contributed by atoms with E-state index in [1.54, 1.807) is 6.07 Å². The molecule has 2 atom stereocenters. The molecule has 1 aromatic rings. The van der Waals surface area contributed by atoms with Gasteiger partial charge >= 0.3 is 0 Å². The highest BCUT2D eigenvalue weighted by molar-refractivity contribution is 5.49. The normalized spacial score (nSPS) is 28.6. The fraction of sp³-hybridized carbons (Fsp3) is 0.455. The van der Waals surface area contributed by atoms with Crippen LogP contribution < -0.4 is 4.74 Å². The summed E-state index contributed by atoms with van der Waals surface area (Å²) in [6, 6.07) is 4.67. The van der Waals surface area contributed by atoms with Gasteiger partial charge in [0.25, 0.3) is 5.69 Å². The first-order valence-corrected chi connectivity index (χ1v) is 5.12. The summed E-state index contributed by atoms with van der Waals surface area (Å²) in [5.41, 5.74) is 0.552. The monoisotopic (exact) mass is 221 g/mol. The molecule has 2 aliphatic rings. The number of nitrogens with zero attached hydrogens (tertiary/aromatic N) is 1. The Balaban J connectivity index is 2.07. The van der Waals surface area contributed by atoms with Crippen molar-refractivity contribution in [3.05, 3.63) is 33.9 Å². The van der Waals surface area contributed by atoms with E-state index in [9.17, 15) is 10.1 Å². The van der Waals surface area contributed by atoms with Crippen LogP contribution in [-0.2, 0) is 4.74 Å². The van der Waals surface area contributed by atoms with Crippen LogP contribution in [0, 0.1) is 10.1 Å². The van der Waals surface area contributed by atoms with Crippen LogP contribution in [-0.4, -0.2) is 16.6 Å². The van der Waals surface area contributed by atoms with E-state index in [0.717, 1.165) is 5.56 Å². The number of epoxide rings is 1. The van der Waals surface area contributed by atoms with Crippen molar-refractivity contribution in [1.29, 1.82) is 0 Å². The molecule has 5 nitrogen and oxygen atoms in total. The van der Waals surface area contributed by atoms with Crippen molar-refractivity contribution in [1.82, 2.24) is 0 Å². The molecule has 0 bridgehead atoms. The topological polar surface area (TPSA) is 64.9 Å². The minimum atomic E-state index is -0.420. The lowest BCUT2D eigenvalue weighted by Crippen LogP contribution is -2.37. The number of nitro benzene ring substituents is 1. The summed E-state index contributed by atoms with van der Waals surface area (Å²) in [6.07, 6.45) is 0.112. The molecule has 0 aromatic heterocycles. The summed E-state index contributed by atoms with van der Waals surface area (Å²) in [4.78, 5) is 10.2. The number of benzene rings is 1. The van der Waals surface area contributed by atoms with Crippen LogP contribution in [0.1, 0.15) is 25.5 Å². The minimum absolute atomic E-state index is 0.0413. The molecule has 1 aromatic carbocycles. The zero-order valence-corrected chi connectivity index (χ0v) is 8.97. The SMILES string of the molecule is CC1(C)Oc2cc([N+](=O)[O-])ccc2[C@H]2OC21. The Morgan fingerprint density at radius 3 is 2.88 bits per heavy atom. The van der Waals surface area contributed by atoms with Crippen molar-refractivity contribution < 1.29 is 14.4 Å². The number of nitro groups is 1. The molecular weight excluding hydrogens is 210 g/mol. The summed E-state index contributed by atoms with van der Waals surface area (Å²) < 4.78 is 11.3. The predicted octanol–water partition coefficient (Wildman–Crippen LogP) is 2.21. The first kappa shape index (κ1) is 9.59. The second-order valence-corrected chi connectivity index (χ2v) is 4.66. The van der Waals surface area contributed by atoms with E-state index in [4.69, 9.17) is 9.47 Å². The van der Waals surface area contributed by atoms with Gasteiger partial charge in [0, 0.05) is 11.6 Å². The average Bonchev–Trinajstić information content (AvgIpc) is 2.96. The predicted molar refractivity (Wildman–Crippen MR) is 55.4 cm³/mol. The summed E-state index contributed by atoms with van der Waals surface area (Å²) in [5, 5.41) is 10.7. The van der Waals surface area contributed by atoms with Gasteiger partial charge in [-0.3, -0.25) is 10.1 Å². The van der Waals surface area contributed by atoms with Crippen LogP contribution in [0.5, 0.6) is 5.75 Å². The highest BCUT2D eigenvalue weighted by Crippen LogP contribution is 2.54. The summed E-state index contributed by atoms with van der Waals surface area (Å²) >= 11 is 0. The Morgan fingerprint density at radius 1 is 1.44 bits per heavy atom. The molecule has 0 amide bonds. The lowest BCUT2D eigenvalue weighted by Gasteiger charge is -2.29. The summed E-state index contributed by atoms with van der Waals surface area (Å²) in [7, 11) is 0. The second kappa shape index (κ2) is 2.74. The van der Waals surface area contributed by atoms with Gasteiger partial charge in [0.15, 0.2) is 0 Å². The Labute approximate surface area is 92.1 Å². The molecule has 2 heterocycles. The maximum atomic E-state index is 10.7. The highest BCUT2D eigenvalue weighted by Gasteiger charge is 2.56. The van der Waals surface area contributed by atoms with Gasteiger partial charge in [-0.2, -0.15) is 0 Å². The van der Waals surface area contributed by atoms with Crippen LogP contribution in [0.25, 0.3) is 0 Å². The summed E-state index contributed by atoms with van der Waals surface area (Å²) in [6.45, 7) is 3.86. The molecule has 1 fully saturated rings. The number of hydrogen-bond donors (Lipinski definition) is 0. The lowest BCUT2D eigenvalue weighted by molar-refractivity contribution is -0.385. The van der Waals surface area contributed by atoms with Crippen LogP contribution in [0.2, 0.25) is 0 Å². The van der Waals surface area contributed by atoms with Crippen molar-refractivity contribution in [3.63, 3.8) is 0 Å². The van der Waals surface area contributed by atoms with Crippen LogP contribution >= 0.6 is 0 Å². The van der Waals surface area contributed by atoms with E-state index in [2.05, 4.69) is 0 Å². The molecular formula is C11H11NO4. The molecule has 0 spiro atoms. The van der Waals surface area contributed by atoms with Crippen LogP contribution in [0.4, 0.5) is 5.69 Å². The molecule has 5 heteroatoms. The smallest absolute Gasteiger partial charge is 0.273 e. The van der Waals surface area contributed by atoms with E-state index in [1.807, 2.05) is 13.8 Å². The van der Waals surface area contributed by atoms with Gasteiger partial charge < -0.3 is 9.47 Å². The molecule has 2 aliphatic heterocycles. The third-order valence-electron chi connectivity index (χ3n) is 3.06. The maximum absolute atomic E-state index is 10.7. The molecule has 1 saturated heterocycles. The van der Waals surface area contributed by atoms with Crippen molar-refractivity contribution in [2.24, 2.45) is 0 Å². The molecule has 84 valence electrons. The van der Waals surface area contributed by atoms with Crippen molar-refractivity contribution in [2.75, 3.05) is 0 Å². The maximum Gasteiger partial charge on any atom is 0.273 e. The Kier molecular flexibility index (Phi) is 1.64. The van der Waals surface area contributed by atoms with Crippen molar-refractivity contribution in [3.8, 4) is 5.75 Å². The molecule has 0 saturated carbocycles. The zero-order chi connectivity index (χ0) is 11.5. The van der Waals surface area contributed by atoms with Gasteiger partial charge in [0.1, 0.15) is 23.6 Å². The van der Waals surface area contributed by atoms with Crippen LogP contribution in [0.15, 0.2) is 18.2 Å². The average molecular weight is 221 g/mol. The highest BCUT2D eigenvalue weighted by atomic mass is 16.6. The first-order valence-electron chi connectivity index (χ1n) is 5.12. The minimum Gasteiger partial charge on any atom is -0.484 e. The fourth-order valence-corrected chi connectivity index (χ4v) is 2.18. The Hall–Kier alpha value is -1.62. The van der Waals surface area contributed by atoms with Gasteiger partial charge in [-0.25, -0.2) is 0 Å². The standard InChI is InChI=1S/C11H11NO4/c1-11(2)10-9(15-10)7-4-3-6(12(13)14)5-8(7)16-11/h3-5,9-10H,1-2H3/t9-,10?/m1/s1. The quantitative estimate of drug-likeness (QED) is 0.414. The van der Waals surface area contributed by atoms with E-state index in [1.165, 1.54) is 12.1 Å². The molecule has 16 heavy (non-hydrogen) atoms. The molecule has 0 aliphatic carbocycles. The molecule has 3 rings (SSSR count). The number of ether oxygens (including phenoxy) is 2. The van der Waals surface area contributed by atoms with Crippen molar-refractivity contribution >= 4 is 5.69 Å². The zero-order valence-electron chi connectivity index (χ0n) is 8.97. The lowest BCUT2D eigenvalue weighted by atomic mass is 9.94. The number of rotatable bonds is 1. The van der Waals surface area contributed by atoms with E-state index in [-0.39, 0.29) is 17.9 Å². The third-order valence-corrected chi connectivity index (χ3v) is 3.06. The van der Waals surface area contributed by atoms with Gasteiger partial charge in [-0.1, -0.05) is 0 Å². The van der Waals surface area contributed by atoms with E-state index < -0.39 is 10.5 Å². The largest absolute Gasteiger partial charge is 0.484 e. The van der Waals surface area contributed by atoms with Crippen molar-refractivity contribution in [2.45, 2.75) is 31.7 Å². The number of non-ortho nitro benzene ring substituents is 1. The van der Waals surface area contributed by atoms with E-state index >= 15 is 0 Å². The number of fused-ring (bicyclic) bond motifs is 3. The fourth-order valence-electron chi connectivity index (χ4n) is 2.18. The third kappa shape index (κ3) is 1.21. The van der Waals surface area contributed by atoms with Crippen LogP contribution in [0.3, 0.4) is 0 Å². The molecule has 0 N–H and O–H groups in total. The summed E-state index contributed by atoms with van der Waals surface area (Å²) in [5.74, 6) is 0.568. The van der Waals surface area contributed by atoms with Gasteiger partial charge in [-0.05, 0) is 19.9 Å². The number of hydrogen-bond acceptors (Lipinski definition) is 4. The Morgan fingerprint density at radius 2 is 2.19 bits per heavy atom. The van der Waals surface area contributed by atoms with E-state index in [0.29, 0.717) is 5.75 Å². The molecule has 1 unspecified atom stereocenters. The first-order chi connectivity index (χ1) is 7.49. The second-order valence-electron chi connectivity index (χ2n) is 4.66.